The van der Waals surface area contributed by atoms with E-state index in [9.17, 15) is 8.78 Å². The highest BCUT2D eigenvalue weighted by Crippen LogP contribution is 2.39. The summed E-state index contributed by atoms with van der Waals surface area (Å²) in [6, 6.07) is 7.15. The van der Waals surface area contributed by atoms with Crippen LogP contribution < -0.4 is 0 Å². The second-order valence-electron chi connectivity index (χ2n) is 8.53. The minimum absolute atomic E-state index is 0.130. The summed E-state index contributed by atoms with van der Waals surface area (Å²) in [5.74, 6) is 3.02. The molecule has 0 N–H and O–H groups in total. The molecule has 0 atom stereocenters. The van der Waals surface area contributed by atoms with Crippen LogP contribution in [-0.2, 0) is 0 Å². The zero-order chi connectivity index (χ0) is 18.2. The van der Waals surface area contributed by atoms with Gasteiger partial charge in [-0.25, -0.2) is 4.39 Å². The van der Waals surface area contributed by atoms with Crippen molar-refractivity contribution in [1.29, 1.82) is 0 Å². The predicted molar refractivity (Wildman–Crippen MR) is 106 cm³/mol. The van der Waals surface area contributed by atoms with Gasteiger partial charge in [-0.1, -0.05) is 37.1 Å². The molecule has 26 heavy (non-hydrogen) atoms. The fraction of sp³-hybridized carbons (Fsp3) is 0.667. The van der Waals surface area contributed by atoms with Crippen molar-refractivity contribution in [2.24, 2.45) is 17.8 Å². The predicted octanol–water partition coefficient (Wildman–Crippen LogP) is 7.60. The largest absolute Gasteiger partial charge is 0.251 e. The molecule has 0 unspecified atom stereocenters. The van der Waals surface area contributed by atoms with E-state index in [0.717, 1.165) is 11.8 Å². The summed E-state index contributed by atoms with van der Waals surface area (Å²) in [6.07, 6.45) is 18.2. The van der Waals surface area contributed by atoms with Crippen LogP contribution in [0.2, 0.25) is 0 Å². The van der Waals surface area contributed by atoms with Crippen molar-refractivity contribution in [3.63, 3.8) is 0 Å². The molecule has 0 aliphatic heterocycles. The molecule has 3 rings (SSSR count). The molecule has 0 bridgehead atoms. The third-order valence-electron chi connectivity index (χ3n) is 6.75. The zero-order valence-electron chi connectivity index (χ0n) is 16.0. The van der Waals surface area contributed by atoms with Crippen molar-refractivity contribution in [2.75, 3.05) is 6.67 Å². The van der Waals surface area contributed by atoms with Crippen LogP contribution in [-0.4, -0.2) is 6.67 Å². The van der Waals surface area contributed by atoms with Gasteiger partial charge in [0.2, 0.25) is 0 Å². The Bertz CT molecular complexity index is 532. The van der Waals surface area contributed by atoms with Crippen LogP contribution in [0.1, 0.15) is 82.1 Å². The third-order valence-corrected chi connectivity index (χ3v) is 6.75. The number of rotatable bonds is 7. The molecule has 0 amide bonds. The van der Waals surface area contributed by atoms with Crippen LogP contribution >= 0.6 is 0 Å². The lowest BCUT2D eigenvalue weighted by Crippen LogP contribution is -2.17. The van der Waals surface area contributed by atoms with E-state index in [4.69, 9.17) is 0 Å². The summed E-state index contributed by atoms with van der Waals surface area (Å²) in [6.45, 7) is -0.227. The molecule has 2 aliphatic carbocycles. The number of benzene rings is 1. The Morgan fingerprint density at radius 2 is 1.38 bits per heavy atom. The molecule has 2 aliphatic rings. The van der Waals surface area contributed by atoms with Crippen LogP contribution in [0.4, 0.5) is 8.78 Å². The van der Waals surface area contributed by atoms with Crippen molar-refractivity contribution in [3.05, 3.63) is 47.8 Å². The van der Waals surface area contributed by atoms with E-state index in [2.05, 4.69) is 6.08 Å². The average molecular weight is 361 g/mol. The van der Waals surface area contributed by atoms with Crippen LogP contribution in [0.3, 0.4) is 0 Å². The van der Waals surface area contributed by atoms with Gasteiger partial charge in [0, 0.05) is 0 Å². The molecule has 0 spiro atoms. The molecular weight excluding hydrogens is 326 g/mol. The molecule has 2 saturated carbocycles. The fourth-order valence-electron chi connectivity index (χ4n) is 5.01. The monoisotopic (exact) mass is 360 g/mol. The minimum atomic E-state index is -0.227. The van der Waals surface area contributed by atoms with Gasteiger partial charge in [0.05, 0.1) is 6.67 Å². The van der Waals surface area contributed by atoms with E-state index in [1.54, 1.807) is 12.1 Å². The number of allylic oxidation sites excluding steroid dienone is 2. The topological polar surface area (TPSA) is 0 Å². The average Bonchev–Trinajstić information content (AvgIpc) is 2.69. The summed E-state index contributed by atoms with van der Waals surface area (Å²) in [5.41, 5.74) is 1.32. The third kappa shape index (κ3) is 5.93. The first-order chi connectivity index (χ1) is 12.7. The second-order valence-corrected chi connectivity index (χ2v) is 8.53. The Labute approximate surface area is 158 Å². The van der Waals surface area contributed by atoms with E-state index in [1.807, 2.05) is 18.2 Å². The lowest BCUT2D eigenvalue weighted by atomic mass is 9.74. The Hall–Kier alpha value is -1.18. The van der Waals surface area contributed by atoms with E-state index in [0.29, 0.717) is 18.3 Å². The van der Waals surface area contributed by atoms with Crippen molar-refractivity contribution in [1.82, 2.24) is 0 Å². The molecule has 2 fully saturated rings. The SMILES string of the molecule is FCC/C=C/C1CCC(CCC2CCC(c3ccc(F)cc3)CC2)CC1. The van der Waals surface area contributed by atoms with E-state index < -0.39 is 0 Å². The first-order valence-corrected chi connectivity index (χ1v) is 10.7. The standard InChI is InChI=1S/C24H34F2/c25-18-2-1-3-19-4-6-20(7-5-19)8-9-21-10-12-22(13-11-21)23-14-16-24(26)17-15-23/h1,3,14-17,19-22H,2,4-13,18H2/b3-1+. The molecule has 2 heteroatoms. The molecule has 0 nitrogen and oxygen atoms in total. The summed E-state index contributed by atoms with van der Waals surface area (Å²) < 4.78 is 25.2. The highest BCUT2D eigenvalue weighted by atomic mass is 19.1. The van der Waals surface area contributed by atoms with Crippen molar-refractivity contribution >= 4 is 0 Å². The molecule has 144 valence electrons. The Balaban J connectivity index is 1.32. The normalized spacial score (nSPS) is 29.9. The van der Waals surface area contributed by atoms with Gasteiger partial charge < -0.3 is 0 Å². The fourth-order valence-corrected chi connectivity index (χ4v) is 5.01. The summed E-state index contributed by atoms with van der Waals surface area (Å²) in [4.78, 5) is 0. The first kappa shape index (κ1) is 19.6. The highest BCUT2D eigenvalue weighted by Gasteiger charge is 2.24. The van der Waals surface area contributed by atoms with Crippen molar-refractivity contribution in [2.45, 2.75) is 76.5 Å². The quantitative estimate of drug-likeness (QED) is 0.439. The number of hydrogen-bond donors (Lipinski definition) is 0. The van der Waals surface area contributed by atoms with Crippen molar-refractivity contribution < 1.29 is 8.78 Å². The maximum absolute atomic E-state index is 13.1. The lowest BCUT2D eigenvalue weighted by Gasteiger charge is -2.31. The number of hydrogen-bond acceptors (Lipinski definition) is 0. The highest BCUT2D eigenvalue weighted by molar-refractivity contribution is 5.20. The molecule has 0 heterocycles. The molecule has 0 saturated heterocycles. The van der Waals surface area contributed by atoms with E-state index in [-0.39, 0.29) is 12.5 Å². The van der Waals surface area contributed by atoms with Crippen LogP contribution in [0.15, 0.2) is 36.4 Å². The van der Waals surface area contributed by atoms with Gasteiger partial charge in [-0.2, -0.15) is 0 Å². The number of halogens is 2. The Kier molecular flexibility index (Phi) is 7.70. The van der Waals surface area contributed by atoms with Gasteiger partial charge in [0.25, 0.3) is 0 Å². The number of alkyl halides is 1. The van der Waals surface area contributed by atoms with Gasteiger partial charge in [-0.15, -0.1) is 0 Å². The maximum atomic E-state index is 13.1. The minimum Gasteiger partial charge on any atom is -0.251 e. The molecule has 0 radical (unpaired) electrons. The maximum Gasteiger partial charge on any atom is 0.123 e. The second kappa shape index (κ2) is 10.2. The van der Waals surface area contributed by atoms with E-state index >= 15 is 0 Å². The van der Waals surface area contributed by atoms with Gasteiger partial charge in [-0.3, -0.25) is 4.39 Å². The smallest absolute Gasteiger partial charge is 0.123 e. The molecule has 0 aromatic heterocycles. The Morgan fingerprint density at radius 1 is 0.808 bits per heavy atom. The summed E-state index contributed by atoms with van der Waals surface area (Å²) in [7, 11) is 0. The molecular formula is C24H34F2. The van der Waals surface area contributed by atoms with Crippen molar-refractivity contribution in [3.8, 4) is 0 Å². The van der Waals surface area contributed by atoms with Gasteiger partial charge in [0.1, 0.15) is 5.82 Å². The van der Waals surface area contributed by atoms with Crippen LogP contribution in [0.25, 0.3) is 0 Å². The first-order valence-electron chi connectivity index (χ1n) is 10.7. The lowest BCUT2D eigenvalue weighted by molar-refractivity contribution is 0.246. The van der Waals surface area contributed by atoms with Gasteiger partial charge >= 0.3 is 0 Å². The Morgan fingerprint density at radius 3 is 1.96 bits per heavy atom. The van der Waals surface area contributed by atoms with E-state index in [1.165, 1.54) is 69.8 Å². The zero-order valence-corrected chi connectivity index (χ0v) is 16.0. The van der Waals surface area contributed by atoms with Crippen LogP contribution in [0, 0.1) is 23.6 Å². The molecule has 1 aromatic rings. The summed E-state index contributed by atoms with van der Waals surface area (Å²) in [5, 5.41) is 0. The van der Waals surface area contributed by atoms with Gasteiger partial charge in [0.15, 0.2) is 0 Å². The van der Waals surface area contributed by atoms with Gasteiger partial charge in [-0.05, 0) is 99.2 Å². The summed E-state index contributed by atoms with van der Waals surface area (Å²) >= 11 is 0. The van der Waals surface area contributed by atoms with Crippen LogP contribution in [0.5, 0.6) is 0 Å². The molecule has 1 aromatic carbocycles.